The SMILES string of the molecule is COc1ccc(S(=O)(=O)N2CCCCC2)cc1C(=O)N1CCCC1. The Hall–Kier alpha value is -1.60. The fraction of sp³-hybridized carbons (Fsp3) is 0.588. The van der Waals surface area contributed by atoms with Gasteiger partial charge in [-0.25, -0.2) is 8.42 Å². The highest BCUT2D eigenvalue weighted by molar-refractivity contribution is 7.89. The molecule has 0 N–H and O–H groups in total. The standard InChI is InChI=1S/C17H24N2O4S/c1-23-16-8-7-14(24(21,22)19-11-3-2-4-12-19)13-15(16)17(20)18-9-5-6-10-18/h7-8,13H,2-6,9-12H2,1H3. The van der Waals surface area contributed by atoms with Gasteiger partial charge in [0, 0.05) is 26.2 Å². The number of hydrogen-bond acceptors (Lipinski definition) is 4. The lowest BCUT2D eigenvalue weighted by molar-refractivity contribution is 0.0789. The summed E-state index contributed by atoms with van der Waals surface area (Å²) in [5.41, 5.74) is 0.331. The molecule has 3 rings (SSSR count). The van der Waals surface area contributed by atoms with E-state index < -0.39 is 10.0 Å². The van der Waals surface area contributed by atoms with Gasteiger partial charge < -0.3 is 9.64 Å². The van der Waals surface area contributed by atoms with Gasteiger partial charge in [0.1, 0.15) is 5.75 Å². The molecule has 132 valence electrons. The van der Waals surface area contributed by atoms with Crippen LogP contribution >= 0.6 is 0 Å². The molecule has 24 heavy (non-hydrogen) atoms. The first-order valence-electron chi connectivity index (χ1n) is 8.51. The van der Waals surface area contributed by atoms with Crippen LogP contribution < -0.4 is 4.74 Å². The van der Waals surface area contributed by atoms with Crippen molar-refractivity contribution in [1.29, 1.82) is 0 Å². The first-order chi connectivity index (χ1) is 11.5. The van der Waals surface area contributed by atoms with Crippen molar-refractivity contribution in [1.82, 2.24) is 9.21 Å². The predicted octanol–water partition coefficient (Wildman–Crippen LogP) is 2.11. The van der Waals surface area contributed by atoms with Crippen LogP contribution in [0.2, 0.25) is 0 Å². The van der Waals surface area contributed by atoms with Crippen molar-refractivity contribution in [3.05, 3.63) is 23.8 Å². The topological polar surface area (TPSA) is 66.9 Å². The van der Waals surface area contributed by atoms with Crippen LogP contribution in [0.5, 0.6) is 5.75 Å². The monoisotopic (exact) mass is 352 g/mol. The molecule has 7 heteroatoms. The Morgan fingerprint density at radius 3 is 2.25 bits per heavy atom. The number of ether oxygens (including phenoxy) is 1. The van der Waals surface area contributed by atoms with Gasteiger partial charge in [0.2, 0.25) is 10.0 Å². The minimum Gasteiger partial charge on any atom is -0.496 e. The summed E-state index contributed by atoms with van der Waals surface area (Å²) in [5, 5.41) is 0. The van der Waals surface area contributed by atoms with Gasteiger partial charge in [-0.2, -0.15) is 4.31 Å². The zero-order chi connectivity index (χ0) is 17.2. The summed E-state index contributed by atoms with van der Waals surface area (Å²) in [4.78, 5) is 14.7. The lowest BCUT2D eigenvalue weighted by Crippen LogP contribution is -2.35. The van der Waals surface area contributed by atoms with E-state index >= 15 is 0 Å². The van der Waals surface area contributed by atoms with Gasteiger partial charge in [0.25, 0.3) is 5.91 Å². The van der Waals surface area contributed by atoms with Crippen molar-refractivity contribution in [2.45, 2.75) is 37.0 Å². The van der Waals surface area contributed by atoms with Crippen molar-refractivity contribution in [2.75, 3.05) is 33.3 Å². The summed E-state index contributed by atoms with van der Waals surface area (Å²) in [6.07, 6.45) is 4.80. The third kappa shape index (κ3) is 3.28. The van der Waals surface area contributed by atoms with Crippen molar-refractivity contribution in [3.8, 4) is 5.75 Å². The normalized spacial score (nSPS) is 19.5. The van der Waals surface area contributed by atoms with Gasteiger partial charge >= 0.3 is 0 Å². The Morgan fingerprint density at radius 1 is 1.00 bits per heavy atom. The molecule has 6 nitrogen and oxygen atoms in total. The van der Waals surface area contributed by atoms with E-state index in [1.807, 2.05) is 0 Å². The van der Waals surface area contributed by atoms with E-state index in [4.69, 9.17) is 4.74 Å². The molecule has 2 aliphatic heterocycles. The van der Waals surface area contributed by atoms with Crippen molar-refractivity contribution in [3.63, 3.8) is 0 Å². The van der Waals surface area contributed by atoms with Crippen molar-refractivity contribution in [2.24, 2.45) is 0 Å². The molecule has 2 aliphatic rings. The highest BCUT2D eigenvalue weighted by atomic mass is 32.2. The number of carbonyl (C=O) groups is 1. The second kappa shape index (κ2) is 7.11. The average molecular weight is 352 g/mol. The van der Waals surface area contributed by atoms with Gasteiger partial charge in [-0.1, -0.05) is 6.42 Å². The second-order valence-corrected chi connectivity index (χ2v) is 8.26. The van der Waals surface area contributed by atoms with Gasteiger partial charge in [-0.15, -0.1) is 0 Å². The molecule has 0 saturated carbocycles. The molecule has 0 spiro atoms. The van der Waals surface area contributed by atoms with Crippen LogP contribution in [-0.4, -0.2) is 56.8 Å². The van der Waals surface area contributed by atoms with Gasteiger partial charge in [0.15, 0.2) is 0 Å². The molecule has 1 aromatic carbocycles. The van der Waals surface area contributed by atoms with E-state index in [0.29, 0.717) is 37.5 Å². The van der Waals surface area contributed by atoms with Gasteiger partial charge in [-0.3, -0.25) is 4.79 Å². The van der Waals surface area contributed by atoms with Crippen LogP contribution in [0.25, 0.3) is 0 Å². The Kier molecular flexibility index (Phi) is 5.10. The van der Waals surface area contributed by atoms with Crippen molar-refractivity contribution < 1.29 is 17.9 Å². The molecule has 1 aromatic rings. The first kappa shape index (κ1) is 17.2. The first-order valence-corrected chi connectivity index (χ1v) is 9.95. The van der Waals surface area contributed by atoms with Crippen LogP contribution in [0, 0.1) is 0 Å². The number of rotatable bonds is 4. The van der Waals surface area contributed by atoms with Gasteiger partial charge in [0.05, 0.1) is 17.6 Å². The largest absolute Gasteiger partial charge is 0.496 e. The number of amides is 1. The molecule has 0 unspecified atom stereocenters. The number of benzene rings is 1. The quantitative estimate of drug-likeness (QED) is 0.832. The third-order valence-corrected chi connectivity index (χ3v) is 6.64. The third-order valence-electron chi connectivity index (χ3n) is 4.75. The van der Waals surface area contributed by atoms with Crippen molar-refractivity contribution >= 4 is 15.9 Å². The Labute approximate surface area is 143 Å². The predicted molar refractivity (Wildman–Crippen MR) is 90.7 cm³/mol. The van der Waals surface area contributed by atoms with Crippen LogP contribution in [-0.2, 0) is 10.0 Å². The molecule has 2 saturated heterocycles. The number of nitrogens with zero attached hydrogens (tertiary/aromatic N) is 2. The molecule has 0 aliphatic carbocycles. The zero-order valence-electron chi connectivity index (χ0n) is 14.0. The highest BCUT2D eigenvalue weighted by Crippen LogP contribution is 2.28. The Balaban J connectivity index is 1.94. The highest BCUT2D eigenvalue weighted by Gasteiger charge is 2.29. The molecule has 2 heterocycles. The molecular formula is C17H24N2O4S. The minimum absolute atomic E-state index is 0.153. The molecule has 1 amide bonds. The summed E-state index contributed by atoms with van der Waals surface area (Å²) in [5.74, 6) is 0.268. The van der Waals surface area contributed by atoms with E-state index in [1.165, 1.54) is 23.5 Å². The fourth-order valence-electron chi connectivity index (χ4n) is 3.36. The second-order valence-electron chi connectivity index (χ2n) is 6.33. The maximum Gasteiger partial charge on any atom is 0.257 e. The lowest BCUT2D eigenvalue weighted by Gasteiger charge is -2.26. The summed E-state index contributed by atoms with van der Waals surface area (Å²) in [6, 6.07) is 4.59. The summed E-state index contributed by atoms with van der Waals surface area (Å²) in [6.45, 7) is 2.52. The maximum absolute atomic E-state index is 12.8. The van der Waals surface area contributed by atoms with E-state index in [2.05, 4.69) is 0 Å². The summed E-state index contributed by atoms with van der Waals surface area (Å²) >= 11 is 0. The van der Waals surface area contributed by atoms with Gasteiger partial charge in [-0.05, 0) is 43.9 Å². The average Bonchev–Trinajstić information content (AvgIpc) is 3.16. The number of carbonyl (C=O) groups excluding carboxylic acids is 1. The molecule has 0 bridgehead atoms. The molecule has 2 fully saturated rings. The fourth-order valence-corrected chi connectivity index (χ4v) is 4.90. The minimum atomic E-state index is -3.56. The number of sulfonamides is 1. The molecule has 0 aromatic heterocycles. The summed E-state index contributed by atoms with van der Waals surface area (Å²) in [7, 11) is -2.06. The maximum atomic E-state index is 12.8. The molecular weight excluding hydrogens is 328 g/mol. The van der Waals surface area contributed by atoms with Crippen LogP contribution in [0.4, 0.5) is 0 Å². The molecule has 0 atom stereocenters. The van der Waals surface area contributed by atoms with Crippen LogP contribution in [0.15, 0.2) is 23.1 Å². The molecule has 0 radical (unpaired) electrons. The number of piperidine rings is 1. The number of methoxy groups -OCH3 is 1. The smallest absolute Gasteiger partial charge is 0.257 e. The van der Waals surface area contributed by atoms with E-state index in [-0.39, 0.29) is 10.8 Å². The lowest BCUT2D eigenvalue weighted by atomic mass is 10.1. The van der Waals surface area contributed by atoms with E-state index in [0.717, 1.165) is 32.1 Å². The van der Waals surface area contributed by atoms with E-state index in [1.54, 1.807) is 11.0 Å². The Bertz CT molecular complexity index is 705. The van der Waals surface area contributed by atoms with E-state index in [9.17, 15) is 13.2 Å². The summed E-state index contributed by atoms with van der Waals surface area (Å²) < 4.78 is 32.5. The number of hydrogen-bond donors (Lipinski definition) is 0. The number of likely N-dealkylation sites (tertiary alicyclic amines) is 1. The van der Waals surface area contributed by atoms with Crippen LogP contribution in [0.3, 0.4) is 0 Å². The Morgan fingerprint density at radius 2 is 1.62 bits per heavy atom. The van der Waals surface area contributed by atoms with Crippen LogP contribution in [0.1, 0.15) is 42.5 Å². The zero-order valence-corrected chi connectivity index (χ0v) is 14.8.